The largest absolute Gasteiger partial charge is 0.383 e. The van der Waals surface area contributed by atoms with Gasteiger partial charge in [0.1, 0.15) is 5.69 Å². The second kappa shape index (κ2) is 8.05. The minimum Gasteiger partial charge on any atom is -0.383 e. The van der Waals surface area contributed by atoms with Gasteiger partial charge in [0.2, 0.25) is 11.7 Å². The molecule has 1 aromatic carbocycles. The van der Waals surface area contributed by atoms with E-state index in [1.54, 1.807) is 0 Å². The lowest BCUT2D eigenvalue weighted by Gasteiger charge is -2.08. The molecule has 0 bridgehead atoms. The first-order chi connectivity index (χ1) is 9.56. The number of carbonyl (C=O) groups is 1. The van der Waals surface area contributed by atoms with Crippen molar-refractivity contribution in [2.24, 2.45) is 0 Å². The normalized spacial score (nSPS) is 10.1. The summed E-state index contributed by atoms with van der Waals surface area (Å²) in [5.41, 5.74) is -0.563. The van der Waals surface area contributed by atoms with Crippen molar-refractivity contribution in [2.45, 2.75) is 6.42 Å². The van der Waals surface area contributed by atoms with Gasteiger partial charge < -0.3 is 15.4 Å². The van der Waals surface area contributed by atoms with Crippen molar-refractivity contribution in [2.75, 3.05) is 32.1 Å². The molecule has 20 heavy (non-hydrogen) atoms. The van der Waals surface area contributed by atoms with Crippen LogP contribution in [0.1, 0.15) is 6.42 Å². The van der Waals surface area contributed by atoms with Gasteiger partial charge >= 0.3 is 5.69 Å². The highest BCUT2D eigenvalue weighted by Crippen LogP contribution is 2.26. The number of anilines is 1. The zero-order valence-electron chi connectivity index (χ0n) is 11.0. The maximum Gasteiger partial charge on any atom is 0.327 e. The van der Waals surface area contributed by atoms with Crippen molar-refractivity contribution in [1.29, 1.82) is 0 Å². The highest BCUT2D eigenvalue weighted by molar-refractivity contribution is 5.76. The Morgan fingerprint density at radius 3 is 2.85 bits per heavy atom. The Bertz CT molecular complexity index is 482. The number of para-hydroxylation sites is 1. The molecule has 0 aliphatic carbocycles. The predicted octanol–water partition coefficient (Wildman–Crippen LogP) is 1.30. The molecule has 0 unspecified atom stereocenters. The van der Waals surface area contributed by atoms with Gasteiger partial charge in [0.15, 0.2) is 0 Å². The van der Waals surface area contributed by atoms with E-state index in [0.29, 0.717) is 13.2 Å². The van der Waals surface area contributed by atoms with Crippen molar-refractivity contribution < 1.29 is 18.8 Å². The van der Waals surface area contributed by atoms with Crippen LogP contribution in [0.15, 0.2) is 18.2 Å². The molecule has 7 nitrogen and oxygen atoms in total. The smallest absolute Gasteiger partial charge is 0.327 e. The van der Waals surface area contributed by atoms with Crippen LogP contribution in [0.3, 0.4) is 0 Å². The van der Waals surface area contributed by atoms with Crippen LogP contribution in [0.25, 0.3) is 0 Å². The number of nitrogens with one attached hydrogen (secondary N) is 2. The standard InChI is InChI=1S/C12H16FN3O4/c1-20-8-7-15-11(17)5-6-14-10-4-2-3-9(13)12(10)16(18)19/h2-4,14H,5-8H2,1H3,(H,15,17). The van der Waals surface area contributed by atoms with E-state index < -0.39 is 16.4 Å². The minimum atomic E-state index is -0.912. The summed E-state index contributed by atoms with van der Waals surface area (Å²) in [6, 6.07) is 3.77. The second-order valence-corrected chi connectivity index (χ2v) is 3.91. The molecule has 1 rings (SSSR count). The number of nitro benzene ring substituents is 1. The lowest BCUT2D eigenvalue weighted by atomic mass is 10.2. The number of methoxy groups -OCH3 is 1. The molecule has 0 saturated carbocycles. The number of carbonyl (C=O) groups excluding carboxylic acids is 1. The quantitative estimate of drug-likeness (QED) is 0.426. The molecule has 0 aliphatic rings. The topological polar surface area (TPSA) is 93.5 Å². The van der Waals surface area contributed by atoms with E-state index in [1.807, 2.05) is 0 Å². The van der Waals surface area contributed by atoms with Crippen LogP contribution in [0.5, 0.6) is 0 Å². The summed E-state index contributed by atoms with van der Waals surface area (Å²) in [5, 5.41) is 16.0. The SMILES string of the molecule is COCCNC(=O)CCNc1cccc(F)c1[N+](=O)[O-]. The van der Waals surface area contributed by atoms with Gasteiger partial charge in [0.25, 0.3) is 0 Å². The fraction of sp³-hybridized carbons (Fsp3) is 0.417. The van der Waals surface area contributed by atoms with Crippen LogP contribution < -0.4 is 10.6 Å². The molecule has 0 aromatic heterocycles. The first-order valence-corrected chi connectivity index (χ1v) is 5.98. The number of amides is 1. The molecular formula is C12H16FN3O4. The molecule has 2 N–H and O–H groups in total. The Balaban J connectivity index is 2.48. The van der Waals surface area contributed by atoms with Gasteiger partial charge in [-0.05, 0) is 12.1 Å². The summed E-state index contributed by atoms with van der Waals surface area (Å²) in [6.45, 7) is 0.979. The highest BCUT2D eigenvalue weighted by Gasteiger charge is 2.19. The van der Waals surface area contributed by atoms with Crippen LogP contribution in [0.4, 0.5) is 15.8 Å². The molecule has 8 heteroatoms. The summed E-state index contributed by atoms with van der Waals surface area (Å²) in [6.07, 6.45) is 0.122. The first-order valence-electron chi connectivity index (χ1n) is 5.98. The maximum absolute atomic E-state index is 13.3. The second-order valence-electron chi connectivity index (χ2n) is 3.91. The van der Waals surface area contributed by atoms with E-state index in [9.17, 15) is 19.3 Å². The number of hydrogen-bond donors (Lipinski definition) is 2. The summed E-state index contributed by atoms with van der Waals surface area (Å²) >= 11 is 0. The number of nitrogens with zero attached hydrogens (tertiary/aromatic N) is 1. The number of ether oxygens (including phenoxy) is 1. The lowest BCUT2D eigenvalue weighted by Crippen LogP contribution is -2.28. The third-order valence-corrected chi connectivity index (χ3v) is 2.47. The Kier molecular flexibility index (Phi) is 6.38. The van der Waals surface area contributed by atoms with Crippen LogP contribution in [-0.2, 0) is 9.53 Å². The maximum atomic E-state index is 13.3. The van der Waals surface area contributed by atoms with Gasteiger partial charge in [-0.25, -0.2) is 0 Å². The van der Waals surface area contributed by atoms with E-state index in [4.69, 9.17) is 4.74 Å². The van der Waals surface area contributed by atoms with Crippen molar-refractivity contribution >= 4 is 17.3 Å². The molecule has 0 fully saturated rings. The molecule has 0 spiro atoms. The molecular weight excluding hydrogens is 269 g/mol. The number of hydrogen-bond acceptors (Lipinski definition) is 5. The molecule has 1 amide bonds. The molecule has 0 saturated heterocycles. The molecule has 0 aliphatic heterocycles. The Morgan fingerprint density at radius 1 is 1.45 bits per heavy atom. The van der Waals surface area contributed by atoms with Gasteiger partial charge in [0, 0.05) is 26.6 Å². The predicted molar refractivity (Wildman–Crippen MR) is 71.0 cm³/mol. The summed E-state index contributed by atoms with van der Waals surface area (Å²) < 4.78 is 18.1. The highest BCUT2D eigenvalue weighted by atomic mass is 19.1. The van der Waals surface area contributed by atoms with E-state index >= 15 is 0 Å². The third-order valence-electron chi connectivity index (χ3n) is 2.47. The number of benzene rings is 1. The molecule has 1 aromatic rings. The zero-order valence-corrected chi connectivity index (χ0v) is 11.0. The zero-order chi connectivity index (χ0) is 15.0. The summed E-state index contributed by atoms with van der Waals surface area (Å²) in [4.78, 5) is 21.3. The van der Waals surface area contributed by atoms with Gasteiger partial charge in [0.05, 0.1) is 11.5 Å². The minimum absolute atomic E-state index is 0.0553. The van der Waals surface area contributed by atoms with Crippen molar-refractivity contribution in [3.05, 3.63) is 34.1 Å². The van der Waals surface area contributed by atoms with Gasteiger partial charge in [-0.15, -0.1) is 0 Å². The number of rotatable bonds is 8. The number of nitro groups is 1. The fourth-order valence-corrected chi connectivity index (χ4v) is 1.54. The third kappa shape index (κ3) is 4.81. The van der Waals surface area contributed by atoms with Gasteiger partial charge in [-0.1, -0.05) is 6.07 Å². The van der Waals surface area contributed by atoms with Crippen molar-refractivity contribution in [1.82, 2.24) is 5.32 Å². The Hall–Kier alpha value is -2.22. The van der Waals surface area contributed by atoms with Crippen LogP contribution >= 0.6 is 0 Å². The van der Waals surface area contributed by atoms with Crippen LogP contribution in [0.2, 0.25) is 0 Å². The summed E-state index contributed by atoms with van der Waals surface area (Å²) in [5.74, 6) is -1.13. The number of halogens is 1. The van der Waals surface area contributed by atoms with Crippen LogP contribution in [-0.4, -0.2) is 37.6 Å². The Morgan fingerprint density at radius 2 is 2.20 bits per heavy atom. The van der Waals surface area contributed by atoms with E-state index in [1.165, 1.54) is 19.2 Å². The Labute approximate surface area is 115 Å². The fourth-order valence-electron chi connectivity index (χ4n) is 1.54. The van der Waals surface area contributed by atoms with Crippen molar-refractivity contribution in [3.8, 4) is 0 Å². The van der Waals surface area contributed by atoms with E-state index in [-0.39, 0.29) is 24.6 Å². The van der Waals surface area contributed by atoms with E-state index in [0.717, 1.165) is 6.07 Å². The van der Waals surface area contributed by atoms with Crippen molar-refractivity contribution in [3.63, 3.8) is 0 Å². The average Bonchev–Trinajstić information content (AvgIpc) is 2.38. The van der Waals surface area contributed by atoms with E-state index in [2.05, 4.69) is 10.6 Å². The lowest BCUT2D eigenvalue weighted by molar-refractivity contribution is -0.386. The first kappa shape index (κ1) is 15.8. The summed E-state index contributed by atoms with van der Waals surface area (Å²) in [7, 11) is 1.52. The monoisotopic (exact) mass is 285 g/mol. The molecule has 0 heterocycles. The average molecular weight is 285 g/mol. The van der Waals surface area contributed by atoms with Crippen LogP contribution in [0, 0.1) is 15.9 Å². The molecule has 0 atom stereocenters. The van der Waals surface area contributed by atoms with Gasteiger partial charge in [-0.3, -0.25) is 14.9 Å². The molecule has 110 valence electrons. The van der Waals surface area contributed by atoms with Gasteiger partial charge in [-0.2, -0.15) is 4.39 Å². The molecule has 0 radical (unpaired) electrons.